The van der Waals surface area contributed by atoms with Crippen molar-refractivity contribution in [2.24, 2.45) is 0 Å². The molecule has 2 aromatic carbocycles. The summed E-state index contributed by atoms with van der Waals surface area (Å²) in [6.07, 6.45) is -4.48. The summed E-state index contributed by atoms with van der Waals surface area (Å²) in [5.74, 6) is -0.768. The van der Waals surface area contributed by atoms with Gasteiger partial charge < -0.3 is 9.84 Å². The fourth-order valence-corrected chi connectivity index (χ4v) is 2.09. The van der Waals surface area contributed by atoms with Gasteiger partial charge in [-0.2, -0.15) is 13.2 Å². The molecule has 24 heavy (non-hydrogen) atoms. The Labute approximate surface area is 134 Å². The van der Waals surface area contributed by atoms with Crippen LogP contribution in [0.4, 0.5) is 18.9 Å². The average Bonchev–Trinajstić information content (AvgIpc) is 3.05. The minimum absolute atomic E-state index is 0.0208. The first-order valence-electron chi connectivity index (χ1n) is 6.94. The molecule has 1 aromatic heterocycles. The monoisotopic (exact) mass is 332 g/mol. The molecule has 0 aliphatic carbocycles. The van der Waals surface area contributed by atoms with E-state index in [4.69, 9.17) is 4.52 Å². The number of amides is 1. The number of alkyl halides is 3. The number of benzene rings is 2. The highest BCUT2D eigenvalue weighted by molar-refractivity contribution is 6.02. The number of anilines is 1. The summed E-state index contributed by atoms with van der Waals surface area (Å²) >= 11 is 0. The second kappa shape index (κ2) is 6.19. The summed E-state index contributed by atoms with van der Waals surface area (Å²) in [7, 11) is 0. The van der Waals surface area contributed by atoms with E-state index in [0.29, 0.717) is 5.69 Å². The number of nitrogens with zero attached hydrogens (tertiary/aromatic N) is 1. The molecule has 1 heterocycles. The van der Waals surface area contributed by atoms with Gasteiger partial charge in [0.25, 0.3) is 5.91 Å². The Morgan fingerprint density at radius 1 is 1.00 bits per heavy atom. The molecule has 0 aliphatic heterocycles. The molecule has 0 aliphatic rings. The predicted molar refractivity (Wildman–Crippen MR) is 81.3 cm³/mol. The van der Waals surface area contributed by atoms with Gasteiger partial charge in [-0.15, -0.1) is 0 Å². The minimum Gasteiger partial charge on any atom is -0.350 e. The second-order valence-electron chi connectivity index (χ2n) is 4.98. The van der Waals surface area contributed by atoms with Crippen molar-refractivity contribution in [2.75, 3.05) is 5.32 Å². The van der Waals surface area contributed by atoms with Crippen LogP contribution in [0.5, 0.6) is 0 Å². The SMILES string of the molecule is O=C(Nc1cccc(C(F)(F)F)c1)c1cc(-c2ccccc2)no1. The van der Waals surface area contributed by atoms with Crippen molar-refractivity contribution in [3.63, 3.8) is 0 Å². The highest BCUT2D eigenvalue weighted by atomic mass is 19.4. The van der Waals surface area contributed by atoms with Gasteiger partial charge in [0.2, 0.25) is 5.76 Å². The Morgan fingerprint density at radius 3 is 2.46 bits per heavy atom. The van der Waals surface area contributed by atoms with E-state index < -0.39 is 17.6 Å². The molecule has 0 atom stereocenters. The van der Waals surface area contributed by atoms with Crippen molar-refractivity contribution in [1.29, 1.82) is 0 Å². The summed E-state index contributed by atoms with van der Waals surface area (Å²) in [6.45, 7) is 0. The van der Waals surface area contributed by atoms with Crippen LogP contribution in [0.1, 0.15) is 16.1 Å². The molecule has 3 rings (SSSR count). The molecular weight excluding hydrogens is 321 g/mol. The number of hydrogen-bond acceptors (Lipinski definition) is 3. The molecule has 4 nitrogen and oxygen atoms in total. The molecule has 0 saturated carbocycles. The lowest BCUT2D eigenvalue weighted by Gasteiger charge is -2.08. The number of halogens is 3. The van der Waals surface area contributed by atoms with Gasteiger partial charge in [-0.05, 0) is 18.2 Å². The van der Waals surface area contributed by atoms with E-state index in [2.05, 4.69) is 10.5 Å². The van der Waals surface area contributed by atoms with Crippen LogP contribution < -0.4 is 5.32 Å². The Bertz CT molecular complexity index is 858. The highest BCUT2D eigenvalue weighted by Gasteiger charge is 2.30. The fraction of sp³-hybridized carbons (Fsp3) is 0.0588. The van der Waals surface area contributed by atoms with Crippen LogP contribution >= 0.6 is 0 Å². The second-order valence-corrected chi connectivity index (χ2v) is 4.98. The zero-order chi connectivity index (χ0) is 17.2. The summed E-state index contributed by atoms with van der Waals surface area (Å²) < 4.78 is 43.0. The van der Waals surface area contributed by atoms with E-state index >= 15 is 0 Å². The smallest absolute Gasteiger partial charge is 0.350 e. The van der Waals surface area contributed by atoms with Gasteiger partial charge in [-0.3, -0.25) is 4.79 Å². The molecule has 0 radical (unpaired) electrons. The molecule has 0 fully saturated rings. The quantitative estimate of drug-likeness (QED) is 0.762. The lowest BCUT2D eigenvalue weighted by Crippen LogP contribution is -2.12. The van der Waals surface area contributed by atoms with Crippen molar-refractivity contribution < 1.29 is 22.5 Å². The Kier molecular flexibility index (Phi) is 4.07. The van der Waals surface area contributed by atoms with Crippen LogP contribution in [0.2, 0.25) is 0 Å². The van der Waals surface area contributed by atoms with Gasteiger partial charge in [-0.1, -0.05) is 41.6 Å². The third kappa shape index (κ3) is 3.45. The van der Waals surface area contributed by atoms with Crippen molar-refractivity contribution in [3.8, 4) is 11.3 Å². The number of rotatable bonds is 3. The third-order valence-corrected chi connectivity index (χ3v) is 3.25. The van der Waals surface area contributed by atoms with Crippen molar-refractivity contribution >= 4 is 11.6 Å². The van der Waals surface area contributed by atoms with E-state index in [0.717, 1.165) is 17.7 Å². The lowest BCUT2D eigenvalue weighted by atomic mass is 10.1. The maximum absolute atomic E-state index is 12.7. The van der Waals surface area contributed by atoms with E-state index in [9.17, 15) is 18.0 Å². The predicted octanol–water partition coefficient (Wildman–Crippen LogP) is 4.61. The first kappa shape index (κ1) is 15.8. The normalized spacial score (nSPS) is 11.3. The number of carbonyl (C=O) groups excluding carboxylic acids is 1. The van der Waals surface area contributed by atoms with Gasteiger partial charge in [-0.25, -0.2) is 0 Å². The Balaban J connectivity index is 1.78. The molecule has 3 aromatic rings. The number of carbonyl (C=O) groups is 1. The van der Waals surface area contributed by atoms with Gasteiger partial charge >= 0.3 is 6.18 Å². The summed E-state index contributed by atoms with van der Waals surface area (Å²) in [4.78, 5) is 12.1. The molecule has 1 amide bonds. The number of aromatic nitrogens is 1. The summed E-state index contributed by atoms with van der Waals surface area (Å²) in [5.41, 5.74) is 0.402. The topological polar surface area (TPSA) is 55.1 Å². The molecule has 0 bridgehead atoms. The lowest BCUT2D eigenvalue weighted by molar-refractivity contribution is -0.137. The van der Waals surface area contributed by atoms with Crippen molar-refractivity contribution in [1.82, 2.24) is 5.16 Å². The van der Waals surface area contributed by atoms with Crippen LogP contribution in [0.15, 0.2) is 65.2 Å². The number of nitrogens with one attached hydrogen (secondary N) is 1. The van der Waals surface area contributed by atoms with Gasteiger partial charge in [0, 0.05) is 17.3 Å². The van der Waals surface area contributed by atoms with Gasteiger partial charge in [0.05, 0.1) is 5.56 Å². The molecular formula is C17H11F3N2O2. The van der Waals surface area contributed by atoms with E-state index in [1.165, 1.54) is 18.2 Å². The Hall–Kier alpha value is -3.09. The molecule has 0 spiro atoms. The van der Waals surface area contributed by atoms with Crippen LogP contribution in [0.25, 0.3) is 11.3 Å². The average molecular weight is 332 g/mol. The molecule has 122 valence electrons. The van der Waals surface area contributed by atoms with Crippen LogP contribution in [0.3, 0.4) is 0 Å². The van der Waals surface area contributed by atoms with Crippen LogP contribution in [-0.2, 0) is 6.18 Å². The minimum atomic E-state index is -4.48. The maximum atomic E-state index is 12.7. The first-order chi connectivity index (χ1) is 11.4. The maximum Gasteiger partial charge on any atom is 0.416 e. The molecule has 1 N–H and O–H groups in total. The number of hydrogen-bond donors (Lipinski definition) is 1. The molecule has 0 saturated heterocycles. The zero-order valence-corrected chi connectivity index (χ0v) is 12.2. The zero-order valence-electron chi connectivity index (χ0n) is 12.2. The van der Waals surface area contributed by atoms with Crippen LogP contribution in [0, 0.1) is 0 Å². The summed E-state index contributed by atoms with van der Waals surface area (Å²) in [5, 5.41) is 6.15. The Morgan fingerprint density at radius 2 is 1.75 bits per heavy atom. The van der Waals surface area contributed by atoms with Crippen molar-refractivity contribution in [3.05, 3.63) is 72.0 Å². The molecule has 7 heteroatoms. The third-order valence-electron chi connectivity index (χ3n) is 3.25. The highest BCUT2D eigenvalue weighted by Crippen LogP contribution is 2.30. The van der Waals surface area contributed by atoms with Gasteiger partial charge in [0.15, 0.2) is 0 Å². The largest absolute Gasteiger partial charge is 0.416 e. The fourth-order valence-electron chi connectivity index (χ4n) is 2.09. The first-order valence-corrected chi connectivity index (χ1v) is 6.94. The van der Waals surface area contributed by atoms with E-state index in [1.54, 1.807) is 12.1 Å². The van der Waals surface area contributed by atoms with Gasteiger partial charge in [0.1, 0.15) is 5.69 Å². The van der Waals surface area contributed by atoms with Crippen molar-refractivity contribution in [2.45, 2.75) is 6.18 Å². The molecule has 0 unspecified atom stereocenters. The summed E-state index contributed by atoms with van der Waals surface area (Å²) in [6, 6.07) is 14.8. The van der Waals surface area contributed by atoms with E-state index in [1.807, 2.05) is 18.2 Å². The van der Waals surface area contributed by atoms with Crippen LogP contribution in [-0.4, -0.2) is 11.1 Å². The van der Waals surface area contributed by atoms with E-state index in [-0.39, 0.29) is 11.4 Å². The standard InChI is InChI=1S/C17H11F3N2O2/c18-17(19,20)12-7-4-8-13(9-12)21-16(23)15-10-14(22-24-15)11-5-2-1-3-6-11/h1-10H,(H,21,23).